The van der Waals surface area contributed by atoms with Crippen molar-refractivity contribution in [1.82, 2.24) is 0 Å². The molecule has 12 heavy (non-hydrogen) atoms. The van der Waals surface area contributed by atoms with Gasteiger partial charge in [0, 0.05) is 5.56 Å². The normalized spacial score (nSPS) is 10.8. The van der Waals surface area contributed by atoms with Gasteiger partial charge in [0.2, 0.25) is 0 Å². The van der Waals surface area contributed by atoms with Crippen LogP contribution < -0.4 is 0 Å². The Labute approximate surface area is 70.2 Å². The first kappa shape index (κ1) is 8.62. The van der Waals surface area contributed by atoms with Crippen LogP contribution >= 0.6 is 0 Å². The summed E-state index contributed by atoms with van der Waals surface area (Å²) in [5.74, 6) is 0.169. The van der Waals surface area contributed by atoms with Gasteiger partial charge in [0.25, 0.3) is 0 Å². The fourth-order valence-corrected chi connectivity index (χ4v) is 0.855. The number of hydrogen-bond acceptors (Lipinski definition) is 3. The highest BCUT2D eigenvalue weighted by atomic mass is 16.3. The fourth-order valence-electron chi connectivity index (χ4n) is 0.855. The van der Waals surface area contributed by atoms with Crippen LogP contribution in [0.1, 0.15) is 5.56 Å². The lowest BCUT2D eigenvalue weighted by molar-refractivity contribution is 0.343. The van der Waals surface area contributed by atoms with Gasteiger partial charge in [0.1, 0.15) is 11.5 Å². The van der Waals surface area contributed by atoms with Crippen LogP contribution in [0.2, 0.25) is 0 Å². The molecule has 1 aromatic carbocycles. The van der Waals surface area contributed by atoms with E-state index >= 15 is 0 Å². The summed E-state index contributed by atoms with van der Waals surface area (Å²) in [6.45, 7) is -0.0882. The number of benzene rings is 1. The molecule has 1 aromatic rings. The molecule has 0 aliphatic rings. The van der Waals surface area contributed by atoms with Gasteiger partial charge < -0.3 is 15.3 Å². The third-order valence-electron chi connectivity index (χ3n) is 1.41. The van der Waals surface area contributed by atoms with Gasteiger partial charge in [0.05, 0.1) is 6.61 Å². The van der Waals surface area contributed by atoms with Crippen molar-refractivity contribution >= 4 is 6.08 Å². The second-order valence-corrected chi connectivity index (χ2v) is 2.33. The van der Waals surface area contributed by atoms with Crippen molar-refractivity contribution in [1.29, 1.82) is 0 Å². The molecule has 3 heteroatoms. The lowest BCUT2D eigenvalue weighted by atomic mass is 10.2. The molecule has 0 spiro atoms. The summed E-state index contributed by atoms with van der Waals surface area (Å²) in [5.41, 5.74) is 0.490. The van der Waals surface area contributed by atoms with Crippen LogP contribution in [-0.4, -0.2) is 21.9 Å². The molecule has 3 N–H and O–H groups in total. The molecule has 3 nitrogen and oxygen atoms in total. The Kier molecular flexibility index (Phi) is 2.71. The molecule has 0 saturated carbocycles. The fraction of sp³-hybridized carbons (Fsp3) is 0.111. The van der Waals surface area contributed by atoms with Gasteiger partial charge in [-0.25, -0.2) is 0 Å². The largest absolute Gasteiger partial charge is 0.508 e. The van der Waals surface area contributed by atoms with Crippen LogP contribution in [0, 0.1) is 0 Å². The molecule has 0 fully saturated rings. The minimum Gasteiger partial charge on any atom is -0.508 e. The van der Waals surface area contributed by atoms with Gasteiger partial charge in [-0.15, -0.1) is 0 Å². The van der Waals surface area contributed by atoms with Crippen LogP contribution in [0.25, 0.3) is 6.08 Å². The first-order valence-corrected chi connectivity index (χ1v) is 3.53. The SMILES string of the molecule is OC/C=C/c1cc(O)ccc1O. The van der Waals surface area contributed by atoms with E-state index in [1.54, 1.807) is 0 Å². The second-order valence-electron chi connectivity index (χ2n) is 2.33. The molecular formula is C9H10O3. The Morgan fingerprint density at radius 2 is 2.00 bits per heavy atom. The van der Waals surface area contributed by atoms with E-state index in [4.69, 9.17) is 10.2 Å². The molecule has 0 radical (unpaired) electrons. The predicted molar refractivity (Wildman–Crippen MR) is 45.9 cm³/mol. The number of hydrogen-bond donors (Lipinski definition) is 3. The van der Waals surface area contributed by atoms with E-state index in [1.165, 1.54) is 30.4 Å². The third kappa shape index (κ3) is 2.00. The highest BCUT2D eigenvalue weighted by molar-refractivity contribution is 5.58. The Balaban J connectivity index is 2.97. The molecular weight excluding hydrogens is 156 g/mol. The third-order valence-corrected chi connectivity index (χ3v) is 1.41. The number of rotatable bonds is 2. The average molecular weight is 166 g/mol. The van der Waals surface area contributed by atoms with Gasteiger partial charge in [-0.1, -0.05) is 12.2 Å². The zero-order chi connectivity index (χ0) is 8.97. The molecule has 0 aliphatic carbocycles. The highest BCUT2D eigenvalue weighted by Crippen LogP contribution is 2.22. The van der Waals surface area contributed by atoms with Crippen LogP contribution in [0.3, 0.4) is 0 Å². The lowest BCUT2D eigenvalue weighted by Gasteiger charge is -1.98. The summed E-state index contributed by atoms with van der Waals surface area (Å²) >= 11 is 0. The predicted octanol–water partition coefficient (Wildman–Crippen LogP) is 1.10. The summed E-state index contributed by atoms with van der Waals surface area (Å²) in [4.78, 5) is 0. The van der Waals surface area contributed by atoms with Crippen molar-refractivity contribution in [3.63, 3.8) is 0 Å². The zero-order valence-electron chi connectivity index (χ0n) is 6.44. The Bertz CT molecular complexity index is 292. The maximum absolute atomic E-state index is 9.22. The molecule has 0 bridgehead atoms. The maximum atomic E-state index is 9.22. The maximum Gasteiger partial charge on any atom is 0.123 e. The lowest BCUT2D eigenvalue weighted by Crippen LogP contribution is -1.76. The molecule has 0 heterocycles. The number of aliphatic hydroxyl groups is 1. The van der Waals surface area contributed by atoms with Gasteiger partial charge in [0.15, 0.2) is 0 Å². The van der Waals surface area contributed by atoms with Gasteiger partial charge in [-0.05, 0) is 18.2 Å². The Morgan fingerprint density at radius 3 is 2.67 bits per heavy atom. The number of phenols is 2. The number of aliphatic hydroxyl groups excluding tert-OH is 1. The summed E-state index contributed by atoms with van der Waals surface area (Å²) < 4.78 is 0. The van der Waals surface area contributed by atoms with E-state index in [2.05, 4.69) is 0 Å². The summed E-state index contributed by atoms with van der Waals surface area (Å²) in [5, 5.41) is 26.7. The first-order chi connectivity index (χ1) is 5.74. The van der Waals surface area contributed by atoms with Crippen molar-refractivity contribution in [2.75, 3.05) is 6.61 Å². The van der Waals surface area contributed by atoms with Crippen LogP contribution in [0.4, 0.5) is 0 Å². The standard InChI is InChI=1S/C9H10O3/c10-5-1-2-7-6-8(11)3-4-9(7)12/h1-4,6,10-12H,5H2/b2-1+. The topological polar surface area (TPSA) is 60.7 Å². The molecule has 0 amide bonds. The zero-order valence-corrected chi connectivity index (χ0v) is 6.44. The summed E-state index contributed by atoms with van der Waals surface area (Å²) in [6.07, 6.45) is 3.02. The van der Waals surface area contributed by atoms with E-state index < -0.39 is 0 Å². The van der Waals surface area contributed by atoms with Gasteiger partial charge in [-0.3, -0.25) is 0 Å². The molecule has 0 unspecified atom stereocenters. The summed E-state index contributed by atoms with van der Waals surface area (Å²) in [7, 11) is 0. The Hall–Kier alpha value is -1.48. The quantitative estimate of drug-likeness (QED) is 0.576. The van der Waals surface area contributed by atoms with Gasteiger partial charge >= 0.3 is 0 Å². The van der Waals surface area contributed by atoms with E-state index in [9.17, 15) is 5.11 Å². The highest BCUT2D eigenvalue weighted by Gasteiger charge is 1.96. The van der Waals surface area contributed by atoms with Crippen molar-refractivity contribution < 1.29 is 15.3 Å². The minimum absolute atomic E-state index is 0.0810. The van der Waals surface area contributed by atoms with E-state index in [1.807, 2.05) is 0 Å². The molecule has 0 atom stereocenters. The minimum atomic E-state index is -0.0882. The van der Waals surface area contributed by atoms with Crippen LogP contribution in [0.5, 0.6) is 11.5 Å². The average Bonchev–Trinajstić information content (AvgIpc) is 2.07. The van der Waals surface area contributed by atoms with Crippen LogP contribution in [0.15, 0.2) is 24.3 Å². The Morgan fingerprint density at radius 1 is 1.25 bits per heavy atom. The van der Waals surface area contributed by atoms with E-state index in [0.29, 0.717) is 5.56 Å². The van der Waals surface area contributed by atoms with E-state index in [-0.39, 0.29) is 18.1 Å². The smallest absolute Gasteiger partial charge is 0.123 e. The van der Waals surface area contributed by atoms with Crippen molar-refractivity contribution in [3.05, 3.63) is 29.8 Å². The molecule has 1 rings (SSSR count). The second kappa shape index (κ2) is 3.78. The molecule has 0 aliphatic heterocycles. The molecule has 0 saturated heterocycles. The van der Waals surface area contributed by atoms with Crippen molar-refractivity contribution in [2.24, 2.45) is 0 Å². The van der Waals surface area contributed by atoms with Crippen molar-refractivity contribution in [2.45, 2.75) is 0 Å². The summed E-state index contributed by atoms with van der Waals surface area (Å²) in [6, 6.07) is 4.21. The molecule has 64 valence electrons. The van der Waals surface area contributed by atoms with Crippen LogP contribution in [-0.2, 0) is 0 Å². The number of phenolic OH excluding ortho intramolecular Hbond substituents is 2. The van der Waals surface area contributed by atoms with Gasteiger partial charge in [-0.2, -0.15) is 0 Å². The molecule has 0 aromatic heterocycles. The number of aromatic hydroxyl groups is 2. The monoisotopic (exact) mass is 166 g/mol. The van der Waals surface area contributed by atoms with E-state index in [0.717, 1.165) is 0 Å². The van der Waals surface area contributed by atoms with Crippen molar-refractivity contribution in [3.8, 4) is 11.5 Å². The first-order valence-electron chi connectivity index (χ1n) is 3.53.